The van der Waals surface area contributed by atoms with Crippen molar-refractivity contribution in [1.29, 1.82) is 0 Å². The van der Waals surface area contributed by atoms with Gasteiger partial charge in [-0.2, -0.15) is 9.78 Å². The highest BCUT2D eigenvalue weighted by molar-refractivity contribution is 9.10. The second-order valence-corrected chi connectivity index (χ2v) is 8.73. The molecule has 3 rings (SSSR count). The van der Waals surface area contributed by atoms with E-state index in [9.17, 15) is 14.9 Å². The first-order chi connectivity index (χ1) is 15.3. The number of hydrogen-bond acceptors (Lipinski definition) is 6. The fourth-order valence-electron chi connectivity index (χ4n) is 3.00. The van der Waals surface area contributed by atoms with Crippen LogP contribution >= 0.6 is 31.9 Å². The van der Waals surface area contributed by atoms with Crippen LogP contribution in [0.5, 0.6) is 5.75 Å². The van der Waals surface area contributed by atoms with E-state index in [1.165, 1.54) is 17.0 Å². The van der Waals surface area contributed by atoms with Crippen molar-refractivity contribution in [2.45, 2.75) is 26.2 Å². The van der Waals surface area contributed by atoms with Gasteiger partial charge >= 0.3 is 5.69 Å². The first kappa shape index (κ1) is 23.6. The molecule has 0 bridgehead atoms. The van der Waals surface area contributed by atoms with Crippen molar-refractivity contribution in [3.63, 3.8) is 0 Å². The van der Waals surface area contributed by atoms with Crippen LogP contribution in [0.4, 0.5) is 5.69 Å². The maximum absolute atomic E-state index is 13.3. The summed E-state index contributed by atoms with van der Waals surface area (Å²) in [4.78, 5) is 28.9. The minimum Gasteiger partial charge on any atom is -0.473 e. The number of fused-ring (bicyclic) bond motifs is 1. The molecule has 0 radical (unpaired) electrons. The van der Waals surface area contributed by atoms with E-state index in [0.717, 1.165) is 10.9 Å². The van der Waals surface area contributed by atoms with Crippen molar-refractivity contribution in [1.82, 2.24) is 9.66 Å². The number of nitro benzene ring substituents is 1. The SMILES string of the molecule is C#CCOc1c(C=Nn2c([C@H](C)CC)nc3ccc(Br)cc3c2=O)cc(Br)cc1[N+](=O)[O-]. The molecule has 0 saturated carbocycles. The third-order valence-electron chi connectivity index (χ3n) is 4.76. The molecule has 0 aliphatic carbocycles. The summed E-state index contributed by atoms with van der Waals surface area (Å²) in [6, 6.07) is 8.18. The predicted octanol–water partition coefficient (Wildman–Crippen LogP) is 5.24. The van der Waals surface area contributed by atoms with Gasteiger partial charge in [0.15, 0.2) is 0 Å². The number of nitro groups is 1. The molecule has 1 atom stereocenters. The van der Waals surface area contributed by atoms with Crippen LogP contribution in [0.25, 0.3) is 10.9 Å². The van der Waals surface area contributed by atoms with Gasteiger partial charge in [0.1, 0.15) is 12.4 Å². The second kappa shape index (κ2) is 10.1. The molecule has 0 amide bonds. The summed E-state index contributed by atoms with van der Waals surface area (Å²) in [6.07, 6.45) is 7.33. The summed E-state index contributed by atoms with van der Waals surface area (Å²) in [5.74, 6) is 2.69. The van der Waals surface area contributed by atoms with Crippen LogP contribution in [0, 0.1) is 22.5 Å². The molecule has 8 nitrogen and oxygen atoms in total. The number of aromatic nitrogens is 2. The smallest absolute Gasteiger partial charge is 0.312 e. The van der Waals surface area contributed by atoms with Crippen LogP contribution in [0.1, 0.15) is 37.6 Å². The predicted molar refractivity (Wildman–Crippen MR) is 131 cm³/mol. The molecule has 10 heteroatoms. The Kier molecular flexibility index (Phi) is 7.43. The van der Waals surface area contributed by atoms with E-state index in [-0.39, 0.29) is 35.1 Å². The first-order valence-electron chi connectivity index (χ1n) is 9.57. The number of rotatable bonds is 7. The zero-order chi connectivity index (χ0) is 23.4. The molecular formula is C22H18Br2N4O4. The van der Waals surface area contributed by atoms with Crippen molar-refractivity contribution in [3.05, 3.63) is 71.1 Å². The average Bonchev–Trinajstić information content (AvgIpc) is 2.76. The molecule has 164 valence electrons. The molecule has 3 aromatic rings. The topological polar surface area (TPSA) is 99.6 Å². The lowest BCUT2D eigenvalue weighted by molar-refractivity contribution is -0.385. The van der Waals surface area contributed by atoms with E-state index >= 15 is 0 Å². The molecule has 0 spiro atoms. The Hall–Kier alpha value is -3.03. The van der Waals surface area contributed by atoms with Crippen molar-refractivity contribution in [3.8, 4) is 18.1 Å². The lowest BCUT2D eigenvalue weighted by Gasteiger charge is -2.14. The molecule has 0 aliphatic heterocycles. The summed E-state index contributed by atoms with van der Waals surface area (Å²) < 4.78 is 7.85. The number of halogens is 2. The Bertz CT molecular complexity index is 1330. The Morgan fingerprint density at radius 1 is 1.34 bits per heavy atom. The van der Waals surface area contributed by atoms with Crippen LogP contribution in [-0.2, 0) is 0 Å². The summed E-state index contributed by atoms with van der Waals surface area (Å²) >= 11 is 6.64. The molecule has 0 N–H and O–H groups in total. The Balaban J connectivity index is 2.24. The monoisotopic (exact) mass is 560 g/mol. The molecule has 0 saturated heterocycles. The molecule has 32 heavy (non-hydrogen) atoms. The fourth-order valence-corrected chi connectivity index (χ4v) is 3.83. The Morgan fingerprint density at radius 2 is 2.09 bits per heavy atom. The molecular weight excluding hydrogens is 544 g/mol. The number of terminal acetylenes is 1. The minimum absolute atomic E-state index is 0.0328. The quantitative estimate of drug-likeness (QED) is 0.170. The lowest BCUT2D eigenvalue weighted by atomic mass is 10.1. The number of hydrogen-bond donors (Lipinski definition) is 0. The zero-order valence-electron chi connectivity index (χ0n) is 17.2. The van der Waals surface area contributed by atoms with Gasteiger partial charge in [-0.3, -0.25) is 14.9 Å². The van der Waals surface area contributed by atoms with Crippen molar-refractivity contribution in [2.24, 2.45) is 5.10 Å². The maximum Gasteiger partial charge on any atom is 0.312 e. The van der Waals surface area contributed by atoms with E-state index in [2.05, 4.69) is 47.9 Å². The third kappa shape index (κ3) is 4.89. The largest absolute Gasteiger partial charge is 0.473 e. The summed E-state index contributed by atoms with van der Waals surface area (Å²) in [5, 5.41) is 16.3. The first-order valence-corrected chi connectivity index (χ1v) is 11.2. The summed E-state index contributed by atoms with van der Waals surface area (Å²) in [6.45, 7) is 3.77. The Labute approximate surface area is 200 Å². The standard InChI is InChI=1S/C22H18Br2N4O4/c1-4-8-32-20-14(9-16(24)11-19(20)28(30)31)12-25-27-21(13(3)5-2)26-18-7-6-15(23)10-17(18)22(27)29/h1,6-7,9-13H,5,8H2,2-3H3/t13-/m1/s1. The van der Waals surface area contributed by atoms with E-state index in [0.29, 0.717) is 21.2 Å². The number of benzene rings is 2. The van der Waals surface area contributed by atoms with E-state index in [1.54, 1.807) is 18.2 Å². The molecule has 0 unspecified atom stereocenters. The highest BCUT2D eigenvalue weighted by Gasteiger charge is 2.21. The van der Waals surface area contributed by atoms with Gasteiger partial charge in [0.25, 0.3) is 5.56 Å². The molecule has 0 aliphatic rings. The van der Waals surface area contributed by atoms with Crippen LogP contribution < -0.4 is 10.3 Å². The van der Waals surface area contributed by atoms with Gasteiger partial charge in [-0.05, 0) is 30.7 Å². The molecule has 2 aromatic carbocycles. The fraction of sp³-hybridized carbons (Fsp3) is 0.227. The van der Waals surface area contributed by atoms with Gasteiger partial charge in [-0.15, -0.1) is 6.42 Å². The Morgan fingerprint density at radius 3 is 2.75 bits per heavy atom. The van der Waals surface area contributed by atoms with Crippen LogP contribution in [0.3, 0.4) is 0 Å². The molecule has 1 aromatic heterocycles. The van der Waals surface area contributed by atoms with Gasteiger partial charge in [-0.1, -0.05) is 51.6 Å². The zero-order valence-corrected chi connectivity index (χ0v) is 20.4. The van der Waals surface area contributed by atoms with Gasteiger partial charge in [0, 0.05) is 26.5 Å². The third-order valence-corrected chi connectivity index (χ3v) is 5.71. The highest BCUT2D eigenvalue weighted by atomic mass is 79.9. The number of nitrogens with zero attached hydrogens (tertiary/aromatic N) is 4. The maximum atomic E-state index is 13.3. The molecule has 0 fully saturated rings. The summed E-state index contributed by atoms with van der Waals surface area (Å²) in [5.41, 5.74) is 0.235. The van der Waals surface area contributed by atoms with Gasteiger partial charge < -0.3 is 4.74 Å². The van der Waals surface area contributed by atoms with Gasteiger partial charge in [-0.25, -0.2) is 4.98 Å². The van der Waals surface area contributed by atoms with Gasteiger partial charge in [0.05, 0.1) is 22.0 Å². The number of ether oxygens (including phenoxy) is 1. The minimum atomic E-state index is -0.570. The second-order valence-electron chi connectivity index (χ2n) is 6.90. The van der Waals surface area contributed by atoms with Gasteiger partial charge in [0.2, 0.25) is 5.75 Å². The normalized spacial score (nSPS) is 12.1. The van der Waals surface area contributed by atoms with Crippen LogP contribution in [0.2, 0.25) is 0 Å². The van der Waals surface area contributed by atoms with E-state index in [4.69, 9.17) is 11.2 Å². The van der Waals surface area contributed by atoms with E-state index < -0.39 is 4.92 Å². The highest BCUT2D eigenvalue weighted by Crippen LogP contribution is 2.34. The molecule has 1 heterocycles. The van der Waals surface area contributed by atoms with Crippen molar-refractivity contribution in [2.75, 3.05) is 6.61 Å². The van der Waals surface area contributed by atoms with Crippen LogP contribution in [0.15, 0.2) is 49.2 Å². The lowest BCUT2D eigenvalue weighted by Crippen LogP contribution is -2.23. The van der Waals surface area contributed by atoms with Crippen LogP contribution in [-0.4, -0.2) is 27.4 Å². The van der Waals surface area contributed by atoms with Crippen molar-refractivity contribution >= 4 is 54.7 Å². The van der Waals surface area contributed by atoms with E-state index in [1.807, 2.05) is 19.9 Å². The summed E-state index contributed by atoms with van der Waals surface area (Å²) in [7, 11) is 0. The average molecular weight is 562 g/mol. The van der Waals surface area contributed by atoms with Crippen molar-refractivity contribution < 1.29 is 9.66 Å².